The quantitative estimate of drug-likeness (QED) is 0.727. The number of hydrogen-bond acceptors (Lipinski definition) is 3. The van der Waals surface area contributed by atoms with Gasteiger partial charge in [-0.25, -0.2) is 4.39 Å². The van der Waals surface area contributed by atoms with E-state index < -0.39 is 5.82 Å². The van der Waals surface area contributed by atoms with Crippen molar-refractivity contribution in [3.63, 3.8) is 0 Å². The Labute approximate surface area is 109 Å². The number of nitrogens with two attached hydrogens (primary N) is 1. The van der Waals surface area contributed by atoms with E-state index in [1.54, 1.807) is 19.1 Å². The summed E-state index contributed by atoms with van der Waals surface area (Å²) in [6, 6.07) is 8.61. The third-order valence-electron chi connectivity index (χ3n) is 2.80. The molecule has 0 heterocycles. The molecule has 5 heteroatoms. The van der Waals surface area contributed by atoms with Gasteiger partial charge in [0.1, 0.15) is 11.6 Å². The summed E-state index contributed by atoms with van der Waals surface area (Å²) in [4.78, 5) is 12.0. The molecule has 0 saturated carbocycles. The van der Waals surface area contributed by atoms with Crippen molar-refractivity contribution in [2.75, 3.05) is 11.1 Å². The predicted octanol–water partition coefficient (Wildman–Crippen LogP) is 2.67. The van der Waals surface area contributed by atoms with Crippen LogP contribution < -0.4 is 11.1 Å². The first kappa shape index (κ1) is 12.9. The van der Waals surface area contributed by atoms with Gasteiger partial charge in [-0.05, 0) is 37.3 Å². The summed E-state index contributed by atoms with van der Waals surface area (Å²) in [5.41, 5.74) is 6.61. The molecule has 0 saturated heterocycles. The molecule has 0 aliphatic rings. The van der Waals surface area contributed by atoms with Crippen LogP contribution in [0.1, 0.15) is 15.9 Å². The zero-order chi connectivity index (χ0) is 14.0. The molecule has 4 nitrogen and oxygen atoms in total. The maximum atomic E-state index is 13.0. The highest BCUT2D eigenvalue weighted by molar-refractivity contribution is 6.05. The van der Waals surface area contributed by atoms with Crippen LogP contribution in [0.4, 0.5) is 15.8 Å². The number of halogens is 1. The van der Waals surface area contributed by atoms with Gasteiger partial charge in [0, 0.05) is 16.8 Å². The van der Waals surface area contributed by atoms with Gasteiger partial charge in [0.25, 0.3) is 5.91 Å². The molecule has 2 aromatic rings. The lowest BCUT2D eigenvalue weighted by molar-refractivity contribution is 0.102. The number of nitrogen functional groups attached to an aromatic ring is 1. The Bertz CT molecular complexity index is 641. The normalized spacial score (nSPS) is 10.2. The van der Waals surface area contributed by atoms with Crippen LogP contribution in [0.5, 0.6) is 5.75 Å². The molecule has 0 fully saturated rings. The average Bonchev–Trinajstić information content (AvgIpc) is 2.37. The Morgan fingerprint density at radius 2 is 2.05 bits per heavy atom. The molecule has 1 amide bonds. The Kier molecular flexibility index (Phi) is 3.37. The van der Waals surface area contributed by atoms with Crippen molar-refractivity contribution in [3.05, 3.63) is 53.3 Å². The number of anilines is 2. The van der Waals surface area contributed by atoms with Gasteiger partial charge in [-0.15, -0.1) is 0 Å². The number of phenols is 1. The number of aromatic hydroxyl groups is 1. The average molecular weight is 260 g/mol. The highest BCUT2D eigenvalue weighted by atomic mass is 19.1. The largest absolute Gasteiger partial charge is 0.508 e. The van der Waals surface area contributed by atoms with Crippen molar-refractivity contribution in [2.45, 2.75) is 6.92 Å². The predicted molar refractivity (Wildman–Crippen MR) is 71.6 cm³/mol. The highest BCUT2D eigenvalue weighted by Gasteiger charge is 2.12. The maximum Gasteiger partial charge on any atom is 0.256 e. The van der Waals surface area contributed by atoms with Crippen LogP contribution in [0.2, 0.25) is 0 Å². The number of benzene rings is 2. The number of carbonyl (C=O) groups excluding carboxylic acids is 1. The molecule has 0 bridgehead atoms. The third kappa shape index (κ3) is 2.65. The first-order chi connectivity index (χ1) is 8.99. The van der Waals surface area contributed by atoms with Crippen molar-refractivity contribution < 1.29 is 14.3 Å². The smallest absolute Gasteiger partial charge is 0.256 e. The van der Waals surface area contributed by atoms with Crippen LogP contribution in [-0.2, 0) is 0 Å². The van der Waals surface area contributed by atoms with Crippen LogP contribution in [0.15, 0.2) is 36.4 Å². The van der Waals surface area contributed by atoms with Gasteiger partial charge in [-0.3, -0.25) is 4.79 Å². The van der Waals surface area contributed by atoms with E-state index in [1.807, 2.05) is 0 Å². The molecule has 2 rings (SSSR count). The van der Waals surface area contributed by atoms with E-state index in [-0.39, 0.29) is 17.3 Å². The second-order valence-electron chi connectivity index (χ2n) is 4.14. The van der Waals surface area contributed by atoms with Crippen molar-refractivity contribution in [2.24, 2.45) is 0 Å². The lowest BCUT2D eigenvalue weighted by atomic mass is 10.1. The minimum Gasteiger partial charge on any atom is -0.508 e. The fraction of sp³-hybridized carbons (Fsp3) is 0.0714. The van der Waals surface area contributed by atoms with Gasteiger partial charge >= 0.3 is 0 Å². The van der Waals surface area contributed by atoms with Gasteiger partial charge in [0.05, 0.1) is 5.69 Å². The summed E-state index contributed by atoms with van der Waals surface area (Å²) in [5, 5.41) is 12.1. The minimum atomic E-state index is -0.536. The van der Waals surface area contributed by atoms with Crippen molar-refractivity contribution >= 4 is 17.3 Å². The van der Waals surface area contributed by atoms with Crippen molar-refractivity contribution in [3.8, 4) is 5.75 Å². The molecule has 0 unspecified atom stereocenters. The molecule has 19 heavy (non-hydrogen) atoms. The number of hydrogen-bond donors (Lipinski definition) is 3. The number of phenolic OH excluding ortho intramolecular Hbond substituents is 1. The van der Waals surface area contributed by atoms with Gasteiger partial charge < -0.3 is 16.2 Å². The van der Waals surface area contributed by atoms with E-state index in [2.05, 4.69) is 5.32 Å². The summed E-state index contributed by atoms with van der Waals surface area (Å²) in [6.07, 6.45) is 0. The standard InChI is InChI=1S/C14H13FN2O2/c1-8-10(3-2-4-13(8)18)14(19)17-9-5-6-11(15)12(16)7-9/h2-7,18H,16H2,1H3,(H,17,19). The lowest BCUT2D eigenvalue weighted by Gasteiger charge is -2.09. The number of amides is 1. The molecule has 2 aromatic carbocycles. The molecular weight excluding hydrogens is 247 g/mol. The van der Waals surface area contributed by atoms with Gasteiger partial charge in [-0.2, -0.15) is 0 Å². The summed E-state index contributed by atoms with van der Waals surface area (Å²) in [7, 11) is 0. The number of nitrogens with one attached hydrogen (secondary N) is 1. The fourth-order valence-corrected chi connectivity index (χ4v) is 1.69. The van der Waals surface area contributed by atoms with E-state index in [9.17, 15) is 14.3 Å². The Hall–Kier alpha value is -2.56. The van der Waals surface area contributed by atoms with Crippen molar-refractivity contribution in [1.29, 1.82) is 0 Å². The van der Waals surface area contributed by atoms with Crippen LogP contribution >= 0.6 is 0 Å². The topological polar surface area (TPSA) is 75.3 Å². The molecule has 0 aliphatic heterocycles. The minimum absolute atomic E-state index is 0.0366. The van der Waals surface area contributed by atoms with Crippen LogP contribution in [-0.4, -0.2) is 11.0 Å². The summed E-state index contributed by atoms with van der Waals surface area (Å²) < 4.78 is 13.0. The SMILES string of the molecule is Cc1c(O)cccc1C(=O)Nc1ccc(F)c(N)c1. The zero-order valence-electron chi connectivity index (χ0n) is 10.3. The van der Waals surface area contributed by atoms with Crippen LogP contribution in [0.25, 0.3) is 0 Å². The lowest BCUT2D eigenvalue weighted by Crippen LogP contribution is -2.13. The first-order valence-corrected chi connectivity index (χ1v) is 5.64. The molecule has 0 atom stereocenters. The molecule has 0 aliphatic carbocycles. The number of carbonyl (C=O) groups is 1. The van der Waals surface area contributed by atoms with Crippen molar-refractivity contribution in [1.82, 2.24) is 0 Å². The molecule has 4 N–H and O–H groups in total. The Morgan fingerprint density at radius 1 is 1.32 bits per heavy atom. The monoisotopic (exact) mass is 260 g/mol. The Morgan fingerprint density at radius 3 is 2.74 bits per heavy atom. The second-order valence-corrected chi connectivity index (χ2v) is 4.14. The first-order valence-electron chi connectivity index (χ1n) is 5.64. The molecule has 0 aromatic heterocycles. The number of rotatable bonds is 2. The van der Waals surface area contributed by atoms with Gasteiger partial charge in [-0.1, -0.05) is 6.07 Å². The van der Waals surface area contributed by atoms with E-state index in [0.29, 0.717) is 16.8 Å². The highest BCUT2D eigenvalue weighted by Crippen LogP contribution is 2.22. The summed E-state index contributed by atoms with van der Waals surface area (Å²) in [6.45, 7) is 1.64. The summed E-state index contributed by atoms with van der Waals surface area (Å²) >= 11 is 0. The van der Waals surface area contributed by atoms with E-state index in [0.717, 1.165) is 0 Å². The van der Waals surface area contributed by atoms with Gasteiger partial charge in [0.2, 0.25) is 0 Å². The van der Waals surface area contributed by atoms with E-state index >= 15 is 0 Å². The fourth-order valence-electron chi connectivity index (χ4n) is 1.69. The van der Waals surface area contributed by atoms with E-state index in [4.69, 9.17) is 5.73 Å². The maximum absolute atomic E-state index is 13.0. The van der Waals surface area contributed by atoms with Gasteiger partial charge in [0.15, 0.2) is 0 Å². The molecular formula is C14H13FN2O2. The Balaban J connectivity index is 2.26. The van der Waals surface area contributed by atoms with Crippen LogP contribution in [0, 0.1) is 12.7 Å². The zero-order valence-corrected chi connectivity index (χ0v) is 10.3. The molecule has 98 valence electrons. The molecule has 0 radical (unpaired) electrons. The molecule has 0 spiro atoms. The van der Waals surface area contributed by atoms with Crippen LogP contribution in [0.3, 0.4) is 0 Å². The van der Waals surface area contributed by atoms with E-state index in [1.165, 1.54) is 24.3 Å². The second kappa shape index (κ2) is 4.97. The third-order valence-corrected chi connectivity index (χ3v) is 2.80. The summed E-state index contributed by atoms with van der Waals surface area (Å²) in [5.74, 6) is -0.878.